The summed E-state index contributed by atoms with van der Waals surface area (Å²) in [6.07, 6.45) is 0. The van der Waals surface area contributed by atoms with Crippen molar-refractivity contribution < 1.29 is 4.79 Å². The summed E-state index contributed by atoms with van der Waals surface area (Å²) >= 11 is 19.4. The molecule has 0 spiro atoms. The third kappa shape index (κ3) is 4.80. The molecule has 0 aliphatic heterocycles. The van der Waals surface area contributed by atoms with Crippen molar-refractivity contribution in [3.63, 3.8) is 0 Å². The van der Waals surface area contributed by atoms with Crippen LogP contribution in [0.15, 0.2) is 35.2 Å². The zero-order valence-corrected chi connectivity index (χ0v) is 16.0. The molecule has 1 atom stereocenters. The number of benzene rings is 2. The summed E-state index contributed by atoms with van der Waals surface area (Å²) in [6, 6.07) is 9.22. The van der Waals surface area contributed by atoms with E-state index in [9.17, 15) is 4.79 Å². The molecule has 2 rings (SSSR count). The van der Waals surface area contributed by atoms with Crippen LogP contribution in [0.3, 0.4) is 0 Å². The quantitative estimate of drug-likeness (QED) is 0.486. The Kier molecular flexibility index (Phi) is 6.26. The molecule has 0 saturated heterocycles. The smallest absolute Gasteiger partial charge is 0.237 e. The Labute approximate surface area is 155 Å². The molecule has 1 amide bonds. The van der Waals surface area contributed by atoms with Gasteiger partial charge in [0.05, 0.1) is 26.0 Å². The first kappa shape index (κ1) is 18.5. The maximum atomic E-state index is 12.4. The molecule has 0 fully saturated rings. The highest BCUT2D eigenvalue weighted by Gasteiger charge is 2.17. The van der Waals surface area contributed by atoms with E-state index < -0.39 is 0 Å². The van der Waals surface area contributed by atoms with Crippen LogP contribution in [0.2, 0.25) is 15.1 Å². The predicted molar refractivity (Wildman–Crippen MR) is 101 cm³/mol. The van der Waals surface area contributed by atoms with Crippen LogP contribution in [0.4, 0.5) is 5.69 Å². The lowest BCUT2D eigenvalue weighted by Crippen LogP contribution is -2.22. The first-order valence-corrected chi connectivity index (χ1v) is 8.98. The molecule has 0 bridgehead atoms. The van der Waals surface area contributed by atoms with Gasteiger partial charge in [-0.2, -0.15) is 0 Å². The Morgan fingerprint density at radius 3 is 2.30 bits per heavy atom. The van der Waals surface area contributed by atoms with Gasteiger partial charge < -0.3 is 5.32 Å². The minimum Gasteiger partial charge on any atom is -0.324 e. The molecule has 1 N–H and O–H groups in total. The van der Waals surface area contributed by atoms with E-state index in [-0.39, 0.29) is 11.2 Å². The van der Waals surface area contributed by atoms with Crippen molar-refractivity contribution in [1.82, 2.24) is 0 Å². The van der Waals surface area contributed by atoms with Crippen LogP contribution in [0, 0.1) is 13.8 Å². The topological polar surface area (TPSA) is 29.1 Å². The fraction of sp³-hybridized carbons (Fsp3) is 0.235. The van der Waals surface area contributed by atoms with Gasteiger partial charge in [0.1, 0.15) is 0 Å². The minimum absolute atomic E-state index is 0.145. The van der Waals surface area contributed by atoms with E-state index in [1.807, 2.05) is 13.0 Å². The molecule has 6 heteroatoms. The number of halogens is 3. The monoisotopic (exact) mass is 387 g/mol. The number of anilines is 1. The predicted octanol–water partition coefficient (Wildman–Crippen LogP) is 6.38. The van der Waals surface area contributed by atoms with E-state index in [1.165, 1.54) is 29.0 Å². The van der Waals surface area contributed by atoms with Crippen LogP contribution in [0.25, 0.3) is 0 Å². The summed E-state index contributed by atoms with van der Waals surface area (Å²) in [5.41, 5.74) is 2.89. The van der Waals surface area contributed by atoms with Crippen molar-refractivity contribution in [3.05, 3.63) is 56.5 Å². The van der Waals surface area contributed by atoms with Gasteiger partial charge in [-0.15, -0.1) is 11.8 Å². The second-order valence-corrected chi connectivity index (χ2v) is 7.88. The standard InChI is InChI=1S/C17H16Cl3NOS/c1-9-4-5-12(6-10(9)2)23-11(3)17(22)21-16-8-14(19)13(18)7-15(16)20/h4-8,11H,1-3H3,(H,21,22). The SMILES string of the molecule is Cc1ccc(SC(C)C(=O)Nc2cc(Cl)c(Cl)cc2Cl)cc1C. The molecular formula is C17H16Cl3NOS. The molecule has 0 aliphatic carbocycles. The van der Waals surface area contributed by atoms with Crippen molar-refractivity contribution in [2.75, 3.05) is 5.32 Å². The highest BCUT2D eigenvalue weighted by Crippen LogP contribution is 2.33. The highest BCUT2D eigenvalue weighted by molar-refractivity contribution is 8.00. The summed E-state index contributed by atoms with van der Waals surface area (Å²) in [5, 5.41) is 3.57. The van der Waals surface area contributed by atoms with E-state index in [0.717, 1.165) is 4.90 Å². The minimum atomic E-state index is -0.275. The number of hydrogen-bond donors (Lipinski definition) is 1. The number of thioether (sulfide) groups is 1. The molecule has 2 aromatic rings. The second-order valence-electron chi connectivity index (χ2n) is 5.24. The Morgan fingerprint density at radius 1 is 1.00 bits per heavy atom. The van der Waals surface area contributed by atoms with Gasteiger partial charge in [-0.25, -0.2) is 0 Å². The zero-order chi connectivity index (χ0) is 17.1. The number of nitrogens with one attached hydrogen (secondary N) is 1. The summed E-state index contributed by atoms with van der Waals surface area (Å²) < 4.78 is 0. The normalized spacial score (nSPS) is 12.1. The molecule has 0 heterocycles. The Morgan fingerprint density at radius 2 is 1.65 bits per heavy atom. The first-order valence-electron chi connectivity index (χ1n) is 6.97. The largest absolute Gasteiger partial charge is 0.324 e. The van der Waals surface area contributed by atoms with Gasteiger partial charge in [0, 0.05) is 4.90 Å². The molecule has 0 aliphatic rings. The number of aryl methyl sites for hydroxylation is 2. The molecule has 2 aromatic carbocycles. The van der Waals surface area contributed by atoms with Crippen LogP contribution in [-0.4, -0.2) is 11.2 Å². The van der Waals surface area contributed by atoms with Crippen LogP contribution in [0.1, 0.15) is 18.1 Å². The number of hydrogen-bond acceptors (Lipinski definition) is 2. The van der Waals surface area contributed by atoms with Gasteiger partial charge in [-0.3, -0.25) is 4.79 Å². The van der Waals surface area contributed by atoms with Crippen molar-refractivity contribution in [2.45, 2.75) is 30.9 Å². The summed E-state index contributed by atoms with van der Waals surface area (Å²) in [5.74, 6) is -0.145. The Balaban J connectivity index is 2.08. The van der Waals surface area contributed by atoms with E-state index >= 15 is 0 Å². The van der Waals surface area contributed by atoms with Crippen molar-refractivity contribution in [1.29, 1.82) is 0 Å². The first-order chi connectivity index (χ1) is 10.8. The van der Waals surface area contributed by atoms with Gasteiger partial charge in [0.15, 0.2) is 0 Å². The third-order valence-electron chi connectivity index (χ3n) is 3.43. The Bertz CT molecular complexity index is 749. The van der Waals surface area contributed by atoms with Crippen molar-refractivity contribution in [2.24, 2.45) is 0 Å². The van der Waals surface area contributed by atoms with Gasteiger partial charge in [0.25, 0.3) is 0 Å². The van der Waals surface area contributed by atoms with Gasteiger partial charge in [0.2, 0.25) is 5.91 Å². The summed E-state index contributed by atoms with van der Waals surface area (Å²) in [7, 11) is 0. The molecule has 2 nitrogen and oxygen atoms in total. The highest BCUT2D eigenvalue weighted by atomic mass is 35.5. The number of amides is 1. The molecule has 0 saturated carbocycles. The zero-order valence-electron chi connectivity index (χ0n) is 12.9. The van der Waals surface area contributed by atoms with E-state index in [2.05, 4.69) is 31.3 Å². The molecular weight excluding hydrogens is 373 g/mol. The van der Waals surface area contributed by atoms with Crippen LogP contribution in [0.5, 0.6) is 0 Å². The van der Waals surface area contributed by atoms with E-state index in [0.29, 0.717) is 20.8 Å². The summed E-state index contributed by atoms with van der Waals surface area (Å²) in [6.45, 7) is 5.96. The van der Waals surface area contributed by atoms with Crippen molar-refractivity contribution in [3.8, 4) is 0 Å². The average Bonchev–Trinajstić information content (AvgIpc) is 2.48. The molecule has 1 unspecified atom stereocenters. The Hall–Kier alpha value is -0.870. The lowest BCUT2D eigenvalue weighted by molar-refractivity contribution is -0.115. The van der Waals surface area contributed by atoms with Crippen LogP contribution >= 0.6 is 46.6 Å². The number of carbonyl (C=O) groups excluding carboxylic acids is 1. The summed E-state index contributed by atoms with van der Waals surface area (Å²) in [4.78, 5) is 13.4. The fourth-order valence-electron chi connectivity index (χ4n) is 1.90. The van der Waals surface area contributed by atoms with Gasteiger partial charge in [-0.05, 0) is 56.2 Å². The van der Waals surface area contributed by atoms with E-state index in [1.54, 1.807) is 6.07 Å². The van der Waals surface area contributed by atoms with E-state index in [4.69, 9.17) is 34.8 Å². The molecule has 122 valence electrons. The lowest BCUT2D eigenvalue weighted by atomic mass is 10.1. The molecule has 0 aromatic heterocycles. The molecule has 0 radical (unpaired) electrons. The lowest BCUT2D eigenvalue weighted by Gasteiger charge is -2.14. The van der Waals surface area contributed by atoms with Gasteiger partial charge >= 0.3 is 0 Å². The van der Waals surface area contributed by atoms with Crippen LogP contribution in [-0.2, 0) is 4.79 Å². The van der Waals surface area contributed by atoms with Crippen molar-refractivity contribution >= 4 is 58.2 Å². The second kappa shape index (κ2) is 7.80. The average molecular weight is 389 g/mol. The maximum Gasteiger partial charge on any atom is 0.237 e. The fourth-order valence-corrected chi connectivity index (χ4v) is 3.46. The van der Waals surface area contributed by atoms with Gasteiger partial charge in [-0.1, -0.05) is 40.9 Å². The number of rotatable bonds is 4. The third-order valence-corrected chi connectivity index (χ3v) is 5.56. The molecule has 23 heavy (non-hydrogen) atoms. The van der Waals surface area contributed by atoms with Crippen LogP contribution < -0.4 is 5.32 Å². The maximum absolute atomic E-state index is 12.4. The number of carbonyl (C=O) groups is 1.